The first-order chi connectivity index (χ1) is 3.06. The number of nitrogens with one attached hydrogen (secondary N) is 2. The topological polar surface area (TPSA) is 85.7 Å². The van der Waals surface area contributed by atoms with Gasteiger partial charge in [0.1, 0.15) is 0 Å². The summed E-state index contributed by atoms with van der Waals surface area (Å²) in [6, 6.07) is 0. The van der Waals surface area contributed by atoms with Gasteiger partial charge >= 0.3 is 0 Å². The van der Waals surface area contributed by atoms with Crippen molar-refractivity contribution in [2.75, 3.05) is 0 Å². The Kier molecular flexibility index (Phi) is 1.63. The Hall–Kier alpha value is -0.730. The summed E-state index contributed by atoms with van der Waals surface area (Å²) >= 11 is 0. The first kappa shape index (κ1) is 6.27. The molecule has 7 heavy (non-hydrogen) atoms. The van der Waals surface area contributed by atoms with Gasteiger partial charge in [0.2, 0.25) is 0 Å². The van der Waals surface area contributed by atoms with Crippen molar-refractivity contribution in [3.63, 3.8) is 0 Å². The minimum Gasteiger partial charge on any atom is -0.259 e. The first-order valence-electron chi connectivity index (χ1n) is 1.41. The molecule has 0 heterocycles. The largest absolute Gasteiger partial charge is 0.259 e. The van der Waals surface area contributed by atoms with Crippen molar-refractivity contribution in [3.05, 3.63) is 0 Å². The Balaban J connectivity index is 3.92. The molecular formula is C2H6N4S. The Bertz CT molecular complexity index is 170. The van der Waals surface area contributed by atoms with Gasteiger partial charge in [-0.2, -0.15) is 5.26 Å². The lowest BCUT2D eigenvalue weighted by Crippen LogP contribution is -2.24. The van der Waals surface area contributed by atoms with Gasteiger partial charge < -0.3 is 0 Å². The Labute approximate surface area is 42.6 Å². The summed E-state index contributed by atoms with van der Waals surface area (Å²) in [4.78, 5) is 0. The molecule has 0 rings (SSSR count). The maximum atomic E-state index is 7.82. The molecule has 0 fully saturated rings. The van der Waals surface area contributed by atoms with E-state index in [1.54, 1.807) is 0 Å². The third kappa shape index (κ3) is 5.27. The molecule has 0 aromatic rings. The normalized spacial score (nSPS) is 16.6. The number of nitrogens with two attached hydrogens (primary N) is 1. The maximum Gasteiger partial charge on any atom is 0.188 e. The predicted octanol–water partition coefficient (Wildman–Crippen LogP) is -0.806. The van der Waals surface area contributed by atoms with Crippen LogP contribution < -0.4 is 9.86 Å². The second-order valence-corrected chi connectivity index (χ2v) is 2.80. The molecule has 0 spiro atoms. The highest BCUT2D eigenvalue weighted by Crippen LogP contribution is 1.60. The molecule has 1 atom stereocenters. The van der Waals surface area contributed by atoms with Gasteiger partial charge in [-0.25, -0.2) is 0 Å². The smallest absolute Gasteiger partial charge is 0.188 e. The third-order valence-electron chi connectivity index (χ3n) is 0.228. The molecule has 0 aliphatic rings. The highest BCUT2D eigenvalue weighted by molar-refractivity contribution is 7.97. The minimum absolute atomic E-state index is 1.52. The Morgan fingerprint density at radius 3 is 2.43 bits per heavy atom. The fourth-order valence-electron chi connectivity index (χ4n) is 0.0814. The van der Waals surface area contributed by atoms with Crippen LogP contribution in [0, 0.1) is 16.2 Å². The van der Waals surface area contributed by atoms with Gasteiger partial charge in [-0.3, -0.25) is 14.6 Å². The van der Waals surface area contributed by atoms with Crippen molar-refractivity contribution in [1.29, 1.82) is 10.0 Å². The van der Waals surface area contributed by atoms with E-state index in [0.717, 1.165) is 0 Å². The van der Waals surface area contributed by atoms with Crippen LogP contribution in [0.25, 0.3) is 0 Å². The van der Waals surface area contributed by atoms with Crippen molar-refractivity contribution in [2.24, 2.45) is 5.14 Å². The summed E-state index contributed by atoms with van der Waals surface area (Å²) < 4.78 is 8.76. The fraction of sp³-hybridized carbons (Fsp3) is 0. The van der Waals surface area contributed by atoms with Crippen LogP contribution in [-0.4, -0.2) is 5.87 Å². The van der Waals surface area contributed by atoms with Gasteiger partial charge in [-0.05, 0) is 15.7 Å². The van der Waals surface area contributed by atoms with Crippen LogP contribution in [0.2, 0.25) is 0 Å². The van der Waals surface area contributed by atoms with Gasteiger partial charge in [0.05, 0.1) is 0 Å². The van der Waals surface area contributed by atoms with Crippen molar-refractivity contribution in [3.8, 4) is 6.19 Å². The van der Waals surface area contributed by atoms with Crippen LogP contribution in [0.4, 0.5) is 0 Å². The maximum absolute atomic E-state index is 7.82. The van der Waals surface area contributed by atoms with E-state index >= 15 is 0 Å². The van der Waals surface area contributed by atoms with E-state index in [1.165, 1.54) is 6.19 Å². The van der Waals surface area contributed by atoms with Crippen LogP contribution in [-0.2, 0) is 9.79 Å². The summed E-state index contributed by atoms with van der Waals surface area (Å²) in [5.41, 5.74) is 0. The minimum atomic E-state index is -2.29. The lowest BCUT2D eigenvalue weighted by atomic mass is 11.5. The van der Waals surface area contributed by atoms with Crippen LogP contribution in [0.1, 0.15) is 0 Å². The zero-order valence-electron chi connectivity index (χ0n) is 3.64. The monoisotopic (exact) mass is 118 g/mol. The molecule has 0 radical (unpaired) electrons. The third-order valence-corrected chi connectivity index (χ3v) is 0.683. The van der Waals surface area contributed by atoms with E-state index in [0.29, 0.717) is 0 Å². The predicted molar refractivity (Wildman–Crippen MR) is 30.1 cm³/mol. The molecule has 0 amide bonds. The molecule has 0 saturated carbocycles. The summed E-state index contributed by atoms with van der Waals surface area (Å²) in [6.07, 6.45) is 1.52. The molecule has 5 heteroatoms. The SMILES string of the molecule is C=S(=N)(N)NC#N. The van der Waals surface area contributed by atoms with Crippen molar-refractivity contribution >= 4 is 15.7 Å². The van der Waals surface area contributed by atoms with Crippen molar-refractivity contribution < 1.29 is 0 Å². The number of rotatable bonds is 1. The molecule has 4 nitrogen and oxygen atoms in total. The molecular weight excluding hydrogens is 112 g/mol. The zero-order valence-corrected chi connectivity index (χ0v) is 4.46. The number of hydrogen-bond donors (Lipinski definition) is 3. The van der Waals surface area contributed by atoms with E-state index < -0.39 is 9.79 Å². The molecule has 0 aromatic carbocycles. The molecule has 40 valence electrons. The molecule has 0 aromatic heterocycles. The molecule has 0 aliphatic carbocycles. The lowest BCUT2D eigenvalue weighted by Gasteiger charge is -1.97. The second-order valence-electron chi connectivity index (χ2n) is 1.01. The Morgan fingerprint density at radius 1 is 2.00 bits per heavy atom. The van der Waals surface area contributed by atoms with E-state index in [1.807, 2.05) is 4.72 Å². The van der Waals surface area contributed by atoms with Gasteiger partial charge in [-0.15, -0.1) is 0 Å². The highest BCUT2D eigenvalue weighted by Gasteiger charge is 1.78. The molecule has 0 saturated heterocycles. The first-order valence-corrected chi connectivity index (χ1v) is 3.27. The zero-order chi connectivity index (χ0) is 5.91. The van der Waals surface area contributed by atoms with Crippen LogP contribution >= 0.6 is 0 Å². The Morgan fingerprint density at radius 2 is 2.43 bits per heavy atom. The second kappa shape index (κ2) is 1.82. The van der Waals surface area contributed by atoms with Crippen molar-refractivity contribution in [1.82, 2.24) is 4.72 Å². The van der Waals surface area contributed by atoms with Gasteiger partial charge in [0, 0.05) is 0 Å². The van der Waals surface area contributed by atoms with Crippen molar-refractivity contribution in [2.45, 2.75) is 0 Å². The van der Waals surface area contributed by atoms with Gasteiger partial charge in [0.25, 0.3) is 0 Å². The average Bonchev–Trinajstić information content (AvgIpc) is 1.30. The molecule has 4 N–H and O–H groups in total. The average molecular weight is 118 g/mol. The summed E-state index contributed by atoms with van der Waals surface area (Å²) in [5.74, 6) is 3.15. The number of nitriles is 1. The van der Waals surface area contributed by atoms with Crippen LogP contribution in [0.3, 0.4) is 0 Å². The molecule has 0 bridgehead atoms. The lowest BCUT2D eigenvalue weighted by molar-refractivity contribution is 1.33. The molecule has 1 unspecified atom stereocenters. The summed E-state index contributed by atoms with van der Waals surface area (Å²) in [6.45, 7) is 0. The van der Waals surface area contributed by atoms with Gasteiger partial charge in [-0.1, -0.05) is 0 Å². The van der Waals surface area contributed by atoms with Gasteiger partial charge in [0.15, 0.2) is 6.19 Å². The fourth-order valence-corrected chi connectivity index (χ4v) is 0.244. The van der Waals surface area contributed by atoms with Crippen LogP contribution in [0.5, 0.6) is 0 Å². The molecule has 0 aliphatic heterocycles. The van der Waals surface area contributed by atoms with E-state index in [-0.39, 0.29) is 0 Å². The number of hydrogen-bond acceptors (Lipinski definition) is 2. The van der Waals surface area contributed by atoms with E-state index in [4.69, 9.17) is 15.2 Å². The standard InChI is InChI=1S/C2H6N4S/c1-7(4,5)6-2-3/h1H2,(H4,4,5,6). The quantitative estimate of drug-likeness (QED) is 0.239. The van der Waals surface area contributed by atoms with Crippen LogP contribution in [0.15, 0.2) is 0 Å². The summed E-state index contributed by atoms with van der Waals surface area (Å²) in [7, 11) is -2.29. The number of nitrogens with zero attached hydrogens (tertiary/aromatic N) is 1. The van der Waals surface area contributed by atoms with E-state index in [2.05, 4.69) is 5.87 Å². The highest BCUT2D eigenvalue weighted by atomic mass is 32.2. The van der Waals surface area contributed by atoms with E-state index in [9.17, 15) is 0 Å². The summed E-state index contributed by atoms with van der Waals surface area (Å²) in [5, 5.41) is 12.8.